The Hall–Kier alpha value is -3.84. The predicted octanol–water partition coefficient (Wildman–Crippen LogP) is 5.87. The largest absolute Gasteiger partial charge is 0.495 e. The lowest BCUT2D eigenvalue weighted by molar-refractivity contribution is -0.153. The Balaban J connectivity index is 1.36. The van der Waals surface area contributed by atoms with Gasteiger partial charge in [0.1, 0.15) is 17.4 Å². The van der Waals surface area contributed by atoms with Crippen LogP contribution in [0.1, 0.15) is 65.9 Å². The van der Waals surface area contributed by atoms with E-state index in [0.29, 0.717) is 78.4 Å². The Labute approximate surface area is 286 Å². The number of halogens is 2. The van der Waals surface area contributed by atoms with Gasteiger partial charge in [-0.3, -0.25) is 14.4 Å². The third-order valence-electron chi connectivity index (χ3n) is 9.76. The molecule has 1 N–H and O–H groups in total. The van der Waals surface area contributed by atoms with E-state index in [1.54, 1.807) is 31.1 Å². The number of nitrogens with zero attached hydrogens (tertiary/aromatic N) is 4. The molecule has 3 aromatic rings. The van der Waals surface area contributed by atoms with Crippen LogP contribution in [0.2, 0.25) is 10.0 Å². The second kappa shape index (κ2) is 14.9. The highest BCUT2D eigenvalue weighted by molar-refractivity contribution is 6.42. The van der Waals surface area contributed by atoms with Crippen molar-refractivity contribution in [2.24, 2.45) is 0 Å². The van der Waals surface area contributed by atoms with Crippen LogP contribution in [0, 0.1) is 11.3 Å². The molecular weight excluding hydrogens is 637 g/mol. The molecule has 2 aliphatic rings. The molecule has 2 saturated heterocycles. The first-order valence-corrected chi connectivity index (χ1v) is 16.8. The quantitative estimate of drug-likeness (QED) is 0.288. The van der Waals surface area contributed by atoms with E-state index in [2.05, 4.69) is 16.3 Å². The van der Waals surface area contributed by atoms with Crippen LogP contribution in [0.4, 0.5) is 0 Å². The number of fused-ring (bicyclic) bond motifs is 1. The fraction of sp³-hybridized carbons (Fsp3) is 0.444. The molecule has 9 nitrogen and oxygen atoms in total. The lowest BCUT2D eigenvalue weighted by Crippen LogP contribution is -2.65. The smallest absolute Gasteiger partial charge is 0.258 e. The minimum Gasteiger partial charge on any atom is -0.495 e. The summed E-state index contributed by atoms with van der Waals surface area (Å²) >= 11 is 12.7. The van der Waals surface area contributed by atoms with Crippen LogP contribution in [0.25, 0.3) is 10.8 Å². The number of carbonyl (C=O) groups excluding carboxylic acids is 3. The van der Waals surface area contributed by atoms with Crippen LogP contribution >= 0.6 is 23.2 Å². The van der Waals surface area contributed by atoms with Crippen molar-refractivity contribution in [1.82, 2.24) is 20.0 Å². The molecule has 2 heterocycles. The number of hydrogen-bond donors (Lipinski definition) is 1. The molecule has 0 bridgehead atoms. The number of benzene rings is 3. The number of nitrogens with one attached hydrogen (secondary N) is 1. The minimum absolute atomic E-state index is 0.0606. The zero-order valence-corrected chi connectivity index (χ0v) is 28.7. The van der Waals surface area contributed by atoms with Gasteiger partial charge in [-0.25, -0.2) is 0 Å². The van der Waals surface area contributed by atoms with Gasteiger partial charge in [0.15, 0.2) is 0 Å². The Morgan fingerprint density at radius 2 is 1.83 bits per heavy atom. The topological polar surface area (TPSA) is 106 Å². The van der Waals surface area contributed by atoms with Crippen molar-refractivity contribution in [3.8, 4) is 11.8 Å². The van der Waals surface area contributed by atoms with Gasteiger partial charge < -0.3 is 24.8 Å². The number of ether oxygens (including phenoxy) is 1. The van der Waals surface area contributed by atoms with Crippen LogP contribution in [-0.4, -0.2) is 91.9 Å². The number of carbonyl (C=O) groups is 3. The number of amides is 3. The molecule has 1 atom stereocenters. The van der Waals surface area contributed by atoms with Gasteiger partial charge in [0, 0.05) is 52.6 Å². The average Bonchev–Trinajstić information content (AvgIpc) is 3.10. The summed E-state index contributed by atoms with van der Waals surface area (Å²) in [6.07, 6.45) is 4.11. The standard InChI is InChI=1S/C36H41Cl2N5O4/c1-40-35(46)36(43-16-7-6-10-31(43)44)14-18-42(19-15-36)17-13-26(24-11-12-29(37)30(38)21-24)23-41(2)34(45)32-28-9-5-4-8-25(28)20-27(22-39)33(32)47-3/h4-5,8-9,11-12,20-21,26H,6-7,10,13-19,23H2,1-3H3,(H,40,46). The van der Waals surface area contributed by atoms with Crippen molar-refractivity contribution in [2.75, 3.05) is 53.9 Å². The number of piperidine rings is 2. The fourth-order valence-corrected chi connectivity index (χ4v) is 7.47. The van der Waals surface area contributed by atoms with Crippen molar-refractivity contribution >= 4 is 51.7 Å². The maximum Gasteiger partial charge on any atom is 0.258 e. The molecule has 0 aromatic heterocycles. The Morgan fingerprint density at radius 3 is 2.49 bits per heavy atom. The zero-order chi connectivity index (χ0) is 33.7. The SMILES string of the molecule is CNC(=O)C1(N2CCCCC2=O)CCN(CCC(CN(C)C(=O)c2c(OC)c(C#N)cc3ccccc23)c2ccc(Cl)c(Cl)c2)CC1. The van der Waals surface area contributed by atoms with E-state index in [4.69, 9.17) is 27.9 Å². The van der Waals surface area contributed by atoms with Gasteiger partial charge in [0.2, 0.25) is 11.8 Å². The van der Waals surface area contributed by atoms with Gasteiger partial charge in [-0.05, 0) is 73.2 Å². The Morgan fingerprint density at radius 1 is 1.09 bits per heavy atom. The highest BCUT2D eigenvalue weighted by Gasteiger charge is 2.48. The molecular formula is C36H41Cl2N5O4. The number of methoxy groups -OCH3 is 1. The van der Waals surface area contributed by atoms with Gasteiger partial charge in [-0.1, -0.05) is 53.5 Å². The lowest BCUT2D eigenvalue weighted by Gasteiger charge is -2.48. The van der Waals surface area contributed by atoms with Gasteiger partial charge in [-0.2, -0.15) is 5.26 Å². The third kappa shape index (κ3) is 7.06. The molecule has 3 amide bonds. The first kappa shape index (κ1) is 34.5. The summed E-state index contributed by atoms with van der Waals surface area (Å²) in [4.78, 5) is 46.1. The Kier molecular flexibility index (Phi) is 11.0. The summed E-state index contributed by atoms with van der Waals surface area (Å²) in [7, 11) is 4.87. The van der Waals surface area contributed by atoms with Crippen molar-refractivity contribution < 1.29 is 19.1 Å². The minimum atomic E-state index is -0.821. The molecule has 0 aliphatic carbocycles. The first-order valence-electron chi connectivity index (χ1n) is 16.1. The van der Waals surface area contributed by atoms with Gasteiger partial charge in [0.25, 0.3) is 5.91 Å². The number of rotatable bonds is 10. The van der Waals surface area contributed by atoms with E-state index < -0.39 is 5.54 Å². The van der Waals surface area contributed by atoms with Crippen molar-refractivity contribution in [3.05, 3.63) is 75.3 Å². The summed E-state index contributed by atoms with van der Waals surface area (Å²) in [5.74, 6) is -0.117. The average molecular weight is 679 g/mol. The molecule has 1 unspecified atom stereocenters. The molecule has 0 radical (unpaired) electrons. The van der Waals surface area contributed by atoms with Crippen LogP contribution in [0.15, 0.2) is 48.5 Å². The second-order valence-electron chi connectivity index (χ2n) is 12.5. The van der Waals surface area contributed by atoms with E-state index in [1.165, 1.54) is 7.11 Å². The van der Waals surface area contributed by atoms with E-state index in [1.807, 2.05) is 41.3 Å². The zero-order valence-electron chi connectivity index (χ0n) is 27.2. The van der Waals surface area contributed by atoms with E-state index >= 15 is 0 Å². The summed E-state index contributed by atoms with van der Waals surface area (Å²) < 4.78 is 5.62. The molecule has 248 valence electrons. The molecule has 3 aromatic carbocycles. The van der Waals surface area contributed by atoms with Crippen LogP contribution in [-0.2, 0) is 9.59 Å². The van der Waals surface area contributed by atoms with Crippen LogP contribution in [0.5, 0.6) is 5.75 Å². The molecule has 0 spiro atoms. The predicted molar refractivity (Wildman–Crippen MR) is 184 cm³/mol. The first-order chi connectivity index (χ1) is 22.6. The van der Waals surface area contributed by atoms with Crippen LogP contribution in [0.3, 0.4) is 0 Å². The molecule has 2 fully saturated rings. The summed E-state index contributed by atoms with van der Waals surface area (Å²) in [6.45, 7) is 3.06. The summed E-state index contributed by atoms with van der Waals surface area (Å²) in [5, 5.41) is 15.0. The maximum atomic E-state index is 14.1. The number of nitriles is 1. The summed E-state index contributed by atoms with van der Waals surface area (Å²) in [6, 6.07) is 17.0. The third-order valence-corrected chi connectivity index (χ3v) is 10.5. The fourth-order valence-electron chi connectivity index (χ4n) is 7.17. The van der Waals surface area contributed by atoms with E-state index in [9.17, 15) is 19.6 Å². The Bertz CT molecular complexity index is 1700. The lowest BCUT2D eigenvalue weighted by atomic mass is 9.82. The molecule has 0 saturated carbocycles. The monoisotopic (exact) mass is 677 g/mol. The van der Waals surface area contributed by atoms with E-state index in [-0.39, 0.29) is 29.4 Å². The van der Waals surface area contributed by atoms with Crippen molar-refractivity contribution in [3.63, 3.8) is 0 Å². The summed E-state index contributed by atoms with van der Waals surface area (Å²) in [5.41, 5.74) is 0.787. The molecule has 11 heteroatoms. The molecule has 2 aliphatic heterocycles. The van der Waals surface area contributed by atoms with Gasteiger partial charge in [0.05, 0.1) is 28.3 Å². The second-order valence-corrected chi connectivity index (χ2v) is 13.3. The molecule has 5 rings (SSSR count). The van der Waals surface area contributed by atoms with Crippen LogP contribution < -0.4 is 10.1 Å². The highest BCUT2D eigenvalue weighted by Crippen LogP contribution is 2.36. The normalized spacial score (nSPS) is 17.2. The van der Waals surface area contributed by atoms with Gasteiger partial charge >= 0.3 is 0 Å². The maximum absolute atomic E-state index is 14.1. The van der Waals surface area contributed by atoms with Crippen molar-refractivity contribution in [2.45, 2.75) is 50.0 Å². The number of hydrogen-bond acceptors (Lipinski definition) is 6. The highest BCUT2D eigenvalue weighted by atomic mass is 35.5. The van der Waals surface area contributed by atoms with Gasteiger partial charge in [-0.15, -0.1) is 0 Å². The van der Waals surface area contributed by atoms with E-state index in [0.717, 1.165) is 30.3 Å². The van der Waals surface area contributed by atoms with Crippen molar-refractivity contribution in [1.29, 1.82) is 5.26 Å². The molecule has 47 heavy (non-hydrogen) atoms. The number of likely N-dealkylation sites (tertiary alicyclic amines) is 2. The number of likely N-dealkylation sites (N-methyl/N-ethyl adjacent to an activating group) is 2.